The second kappa shape index (κ2) is 5.85. The summed E-state index contributed by atoms with van der Waals surface area (Å²) in [6.45, 7) is 5.98. The molecule has 1 aromatic carbocycles. The summed E-state index contributed by atoms with van der Waals surface area (Å²) in [5.74, 6) is -0.392. The lowest BCUT2D eigenvalue weighted by Gasteiger charge is -2.20. The lowest BCUT2D eigenvalue weighted by molar-refractivity contribution is -0.117. The van der Waals surface area contributed by atoms with Crippen molar-refractivity contribution in [1.82, 2.24) is 0 Å². The second-order valence-corrected chi connectivity index (χ2v) is 6.31. The van der Waals surface area contributed by atoms with E-state index in [-0.39, 0.29) is 24.4 Å². The molecule has 21 heavy (non-hydrogen) atoms. The van der Waals surface area contributed by atoms with Crippen LogP contribution in [0.3, 0.4) is 0 Å². The summed E-state index contributed by atoms with van der Waals surface area (Å²) in [6, 6.07) is 6.78. The molecule has 0 aromatic heterocycles. The van der Waals surface area contributed by atoms with Gasteiger partial charge < -0.3 is 14.7 Å². The third kappa shape index (κ3) is 3.82. The fraction of sp³-hybridized carbons (Fsp3) is 0.500. The molecule has 1 amide bonds. The van der Waals surface area contributed by atoms with Crippen LogP contribution in [0, 0.1) is 5.92 Å². The molecule has 0 radical (unpaired) electrons. The molecular weight excluding hydrogens is 270 g/mol. The first-order chi connectivity index (χ1) is 9.80. The summed E-state index contributed by atoms with van der Waals surface area (Å²) in [7, 11) is 0. The van der Waals surface area contributed by atoms with Gasteiger partial charge in [0.25, 0.3) is 0 Å². The Balaban J connectivity index is 2.09. The topological polar surface area (TPSA) is 66.8 Å². The van der Waals surface area contributed by atoms with Crippen molar-refractivity contribution in [3.8, 4) is 0 Å². The van der Waals surface area contributed by atoms with E-state index >= 15 is 0 Å². The van der Waals surface area contributed by atoms with Crippen LogP contribution in [0.2, 0.25) is 0 Å². The zero-order chi connectivity index (χ0) is 15.6. The van der Waals surface area contributed by atoms with Gasteiger partial charge >= 0.3 is 5.97 Å². The fourth-order valence-electron chi connectivity index (χ4n) is 2.27. The van der Waals surface area contributed by atoms with Crippen molar-refractivity contribution < 1.29 is 19.4 Å². The SMILES string of the molecule is CC(C)(C)OC(=O)c1ccc(N2CC(CO)CC2=O)cc1. The first kappa shape index (κ1) is 15.5. The molecule has 5 nitrogen and oxygen atoms in total. The second-order valence-electron chi connectivity index (χ2n) is 6.31. The molecular formula is C16H21NO4. The van der Waals surface area contributed by atoms with Gasteiger partial charge in [-0.15, -0.1) is 0 Å². The Morgan fingerprint density at radius 1 is 1.33 bits per heavy atom. The van der Waals surface area contributed by atoms with Crippen LogP contribution < -0.4 is 4.90 Å². The molecule has 114 valence electrons. The third-order valence-electron chi connectivity index (χ3n) is 3.28. The van der Waals surface area contributed by atoms with E-state index in [0.717, 1.165) is 5.69 Å². The molecule has 1 aliphatic rings. The number of hydrogen-bond donors (Lipinski definition) is 1. The average Bonchev–Trinajstić information content (AvgIpc) is 2.78. The minimum Gasteiger partial charge on any atom is -0.456 e. The largest absolute Gasteiger partial charge is 0.456 e. The Morgan fingerprint density at radius 3 is 2.43 bits per heavy atom. The summed E-state index contributed by atoms with van der Waals surface area (Å²) >= 11 is 0. The maximum atomic E-state index is 11.9. The summed E-state index contributed by atoms with van der Waals surface area (Å²) < 4.78 is 5.29. The maximum absolute atomic E-state index is 11.9. The number of ether oxygens (including phenoxy) is 1. The average molecular weight is 291 g/mol. The van der Waals surface area contributed by atoms with Gasteiger partial charge in [-0.05, 0) is 45.0 Å². The van der Waals surface area contributed by atoms with Crippen LogP contribution in [0.25, 0.3) is 0 Å². The maximum Gasteiger partial charge on any atom is 0.338 e. The van der Waals surface area contributed by atoms with Crippen LogP contribution in [0.5, 0.6) is 0 Å². The van der Waals surface area contributed by atoms with Crippen molar-refractivity contribution in [2.45, 2.75) is 32.8 Å². The Morgan fingerprint density at radius 2 is 1.95 bits per heavy atom. The van der Waals surface area contributed by atoms with Crippen LogP contribution in [0.4, 0.5) is 5.69 Å². The summed E-state index contributed by atoms with van der Waals surface area (Å²) in [5.41, 5.74) is 0.664. The van der Waals surface area contributed by atoms with E-state index in [1.165, 1.54) is 0 Å². The number of aliphatic hydroxyl groups is 1. The quantitative estimate of drug-likeness (QED) is 0.865. The minimum absolute atomic E-state index is 0.000863. The number of anilines is 1. The van der Waals surface area contributed by atoms with Gasteiger partial charge in [-0.25, -0.2) is 4.79 Å². The minimum atomic E-state index is -0.533. The van der Waals surface area contributed by atoms with Gasteiger partial charge in [0.15, 0.2) is 0 Å². The molecule has 1 N–H and O–H groups in total. The van der Waals surface area contributed by atoms with Gasteiger partial charge in [0.05, 0.1) is 5.56 Å². The fourth-order valence-corrected chi connectivity index (χ4v) is 2.27. The predicted molar refractivity (Wildman–Crippen MR) is 79.2 cm³/mol. The number of aliphatic hydroxyl groups excluding tert-OH is 1. The molecule has 1 fully saturated rings. The van der Waals surface area contributed by atoms with Crippen molar-refractivity contribution in [1.29, 1.82) is 0 Å². The number of benzene rings is 1. The van der Waals surface area contributed by atoms with Gasteiger partial charge in [-0.1, -0.05) is 0 Å². The van der Waals surface area contributed by atoms with Crippen LogP contribution in [0.1, 0.15) is 37.6 Å². The first-order valence-electron chi connectivity index (χ1n) is 7.05. The Labute approximate surface area is 124 Å². The Kier molecular flexibility index (Phi) is 4.32. The van der Waals surface area contributed by atoms with Gasteiger partial charge in [-0.3, -0.25) is 4.79 Å². The van der Waals surface area contributed by atoms with E-state index in [4.69, 9.17) is 9.84 Å². The molecule has 5 heteroatoms. The highest BCUT2D eigenvalue weighted by atomic mass is 16.6. The molecule has 0 aliphatic carbocycles. The zero-order valence-corrected chi connectivity index (χ0v) is 12.6. The number of nitrogens with zero attached hydrogens (tertiary/aromatic N) is 1. The zero-order valence-electron chi connectivity index (χ0n) is 12.6. The van der Waals surface area contributed by atoms with Gasteiger partial charge in [-0.2, -0.15) is 0 Å². The molecule has 1 aliphatic heterocycles. The van der Waals surface area contributed by atoms with E-state index in [0.29, 0.717) is 18.5 Å². The number of carbonyl (C=O) groups excluding carboxylic acids is 2. The highest BCUT2D eigenvalue weighted by Crippen LogP contribution is 2.25. The lowest BCUT2D eigenvalue weighted by atomic mass is 10.1. The summed E-state index contributed by atoms with van der Waals surface area (Å²) in [4.78, 5) is 25.4. The Hall–Kier alpha value is -1.88. The standard InChI is InChI=1S/C16H21NO4/c1-16(2,3)21-15(20)12-4-6-13(7-5-12)17-9-11(10-18)8-14(17)19/h4-7,11,18H,8-10H2,1-3H3. The number of esters is 1. The molecule has 1 aromatic rings. The monoisotopic (exact) mass is 291 g/mol. The molecule has 0 spiro atoms. The third-order valence-corrected chi connectivity index (χ3v) is 3.28. The van der Waals surface area contributed by atoms with Crippen molar-refractivity contribution in [3.05, 3.63) is 29.8 Å². The summed E-state index contributed by atoms with van der Waals surface area (Å²) in [6.07, 6.45) is 0.365. The van der Waals surface area contributed by atoms with Crippen LogP contribution in [-0.2, 0) is 9.53 Å². The van der Waals surface area contributed by atoms with Crippen LogP contribution in [-0.4, -0.2) is 35.7 Å². The van der Waals surface area contributed by atoms with E-state index in [1.807, 2.05) is 20.8 Å². The molecule has 1 unspecified atom stereocenters. The van der Waals surface area contributed by atoms with Crippen molar-refractivity contribution in [3.63, 3.8) is 0 Å². The van der Waals surface area contributed by atoms with E-state index in [2.05, 4.69) is 0 Å². The molecule has 1 saturated heterocycles. The Bertz CT molecular complexity index is 530. The van der Waals surface area contributed by atoms with Gasteiger partial charge in [0.2, 0.25) is 5.91 Å². The number of carbonyl (C=O) groups is 2. The van der Waals surface area contributed by atoms with Crippen molar-refractivity contribution in [2.24, 2.45) is 5.92 Å². The molecule has 0 saturated carbocycles. The predicted octanol–water partition coefficient (Wildman–Crippen LogP) is 1.99. The van der Waals surface area contributed by atoms with E-state index in [1.54, 1.807) is 29.2 Å². The highest BCUT2D eigenvalue weighted by molar-refractivity contribution is 5.96. The molecule has 1 heterocycles. The normalized spacial score (nSPS) is 19.0. The lowest BCUT2D eigenvalue weighted by Crippen LogP contribution is -2.25. The molecule has 2 rings (SSSR count). The van der Waals surface area contributed by atoms with Crippen LogP contribution in [0.15, 0.2) is 24.3 Å². The summed E-state index contributed by atoms with van der Waals surface area (Å²) in [5, 5.41) is 9.13. The van der Waals surface area contributed by atoms with Crippen molar-refractivity contribution >= 4 is 17.6 Å². The van der Waals surface area contributed by atoms with E-state index < -0.39 is 5.60 Å². The first-order valence-corrected chi connectivity index (χ1v) is 7.05. The number of hydrogen-bond acceptors (Lipinski definition) is 4. The van der Waals surface area contributed by atoms with Gasteiger partial charge in [0.1, 0.15) is 5.60 Å². The van der Waals surface area contributed by atoms with Gasteiger partial charge in [0, 0.05) is 31.2 Å². The van der Waals surface area contributed by atoms with E-state index in [9.17, 15) is 9.59 Å². The molecule has 0 bridgehead atoms. The smallest absolute Gasteiger partial charge is 0.338 e. The number of amides is 1. The number of rotatable bonds is 3. The van der Waals surface area contributed by atoms with Crippen LogP contribution >= 0.6 is 0 Å². The highest BCUT2D eigenvalue weighted by Gasteiger charge is 2.30. The van der Waals surface area contributed by atoms with Crippen molar-refractivity contribution in [2.75, 3.05) is 18.1 Å². The molecule has 1 atom stereocenters.